The molecule has 0 saturated heterocycles. The molecule has 0 aliphatic rings. The van der Waals surface area contributed by atoms with Gasteiger partial charge in [0.15, 0.2) is 0 Å². The molecule has 0 radical (unpaired) electrons. The van der Waals surface area contributed by atoms with Gasteiger partial charge in [-0.25, -0.2) is 0 Å². The molecule has 12 aromatic rings. The summed E-state index contributed by atoms with van der Waals surface area (Å²) in [5.41, 5.74) is 12.2. The van der Waals surface area contributed by atoms with Crippen LogP contribution in [0, 0.1) is 0 Å². The van der Waals surface area contributed by atoms with Gasteiger partial charge < -0.3 is 9.32 Å². The molecule has 0 bridgehead atoms. The van der Waals surface area contributed by atoms with Gasteiger partial charge in [-0.15, -0.1) is 22.7 Å². The van der Waals surface area contributed by atoms with Gasteiger partial charge >= 0.3 is 0 Å². The second kappa shape index (κ2) is 13.3. The van der Waals surface area contributed by atoms with Gasteiger partial charge in [-0.3, -0.25) is 0 Å². The van der Waals surface area contributed by atoms with Crippen LogP contribution in [-0.2, 0) is 0 Å². The largest absolute Gasteiger partial charge is 0.455 e. The Morgan fingerprint density at radius 1 is 0.328 bits per heavy atom. The summed E-state index contributed by atoms with van der Waals surface area (Å²) in [6.45, 7) is 0. The van der Waals surface area contributed by atoms with Gasteiger partial charge in [0.2, 0.25) is 0 Å². The Kier molecular flexibility index (Phi) is 7.62. The van der Waals surface area contributed by atoms with E-state index < -0.39 is 0 Å². The zero-order chi connectivity index (χ0) is 38.2. The summed E-state index contributed by atoms with van der Waals surface area (Å²) in [5.74, 6) is 0. The van der Waals surface area contributed by atoms with E-state index in [1.54, 1.807) is 0 Å². The van der Waals surface area contributed by atoms with Crippen LogP contribution < -0.4 is 4.90 Å². The molecular weight excluding hydrogens is 743 g/mol. The maximum absolute atomic E-state index is 6.48. The summed E-state index contributed by atoms with van der Waals surface area (Å²) in [7, 11) is 0. The molecule has 9 aromatic carbocycles. The molecular formula is C54H33NOS2. The van der Waals surface area contributed by atoms with Crippen LogP contribution in [0.5, 0.6) is 0 Å². The van der Waals surface area contributed by atoms with Crippen molar-refractivity contribution in [1.82, 2.24) is 0 Å². The van der Waals surface area contributed by atoms with E-state index >= 15 is 0 Å². The number of furan rings is 1. The second-order valence-corrected chi connectivity index (χ2v) is 16.9. The van der Waals surface area contributed by atoms with Crippen LogP contribution in [0.2, 0.25) is 0 Å². The Hall–Kier alpha value is -6.98. The van der Waals surface area contributed by atoms with Crippen LogP contribution in [0.15, 0.2) is 205 Å². The molecule has 0 aliphatic carbocycles. The van der Waals surface area contributed by atoms with Gasteiger partial charge in [0, 0.05) is 68.9 Å². The topological polar surface area (TPSA) is 16.4 Å². The SMILES string of the molecule is c1ccc(-c2ccc3c(sc4ccccc43)c2N(c2ccc(-c3cccc4c3oc3ccccc34)cc2)c2ccc(-c3cccc4c3sc3ccccc34)cc2)cc1. The van der Waals surface area contributed by atoms with Crippen molar-refractivity contribution < 1.29 is 4.42 Å². The number of thiophene rings is 2. The van der Waals surface area contributed by atoms with E-state index in [1.807, 2.05) is 34.8 Å². The number of benzene rings is 9. The zero-order valence-corrected chi connectivity index (χ0v) is 32.9. The molecule has 0 atom stereocenters. The van der Waals surface area contributed by atoms with Gasteiger partial charge in [0.05, 0.1) is 10.4 Å². The molecule has 0 saturated carbocycles. The summed E-state index contributed by atoms with van der Waals surface area (Å²) in [6.07, 6.45) is 0. The van der Waals surface area contributed by atoms with Crippen LogP contribution in [0.4, 0.5) is 17.1 Å². The molecule has 0 amide bonds. The summed E-state index contributed by atoms with van der Waals surface area (Å²) < 4.78 is 11.7. The van der Waals surface area contributed by atoms with E-state index in [2.05, 4.69) is 193 Å². The maximum Gasteiger partial charge on any atom is 0.143 e. The van der Waals surface area contributed by atoms with Crippen molar-refractivity contribution in [3.05, 3.63) is 200 Å². The number of para-hydroxylation sites is 2. The molecule has 0 N–H and O–H groups in total. The van der Waals surface area contributed by atoms with Gasteiger partial charge in [0.25, 0.3) is 0 Å². The van der Waals surface area contributed by atoms with Crippen LogP contribution in [0.3, 0.4) is 0 Å². The Labute approximate surface area is 343 Å². The van der Waals surface area contributed by atoms with Gasteiger partial charge in [-0.05, 0) is 64.7 Å². The fourth-order valence-electron chi connectivity index (χ4n) is 8.78. The number of rotatable bonds is 6. The Balaban J connectivity index is 1.06. The summed E-state index contributed by atoms with van der Waals surface area (Å²) in [4.78, 5) is 2.47. The predicted octanol–water partition coefficient (Wildman–Crippen LogP) is 16.8. The normalized spacial score (nSPS) is 11.8. The van der Waals surface area contributed by atoms with Crippen LogP contribution in [0.1, 0.15) is 0 Å². The number of hydrogen-bond donors (Lipinski definition) is 0. The zero-order valence-electron chi connectivity index (χ0n) is 31.2. The number of anilines is 3. The molecule has 2 nitrogen and oxygen atoms in total. The van der Waals surface area contributed by atoms with Gasteiger partial charge in [-0.2, -0.15) is 0 Å². The lowest BCUT2D eigenvalue weighted by Crippen LogP contribution is -2.11. The van der Waals surface area contributed by atoms with Crippen molar-refractivity contribution in [3.63, 3.8) is 0 Å². The smallest absolute Gasteiger partial charge is 0.143 e. The Bertz CT molecular complexity index is 3340. The lowest BCUT2D eigenvalue weighted by molar-refractivity contribution is 0.670. The first-order valence-electron chi connectivity index (χ1n) is 19.6. The first-order valence-corrected chi connectivity index (χ1v) is 21.2. The van der Waals surface area contributed by atoms with Crippen molar-refractivity contribution in [2.45, 2.75) is 0 Å². The van der Waals surface area contributed by atoms with Crippen LogP contribution in [0.25, 0.3) is 95.7 Å². The highest BCUT2D eigenvalue weighted by Gasteiger charge is 2.23. The summed E-state index contributed by atoms with van der Waals surface area (Å²) >= 11 is 3.74. The average Bonchev–Trinajstić information content (AvgIpc) is 3.99. The van der Waals surface area contributed by atoms with Crippen molar-refractivity contribution in [3.8, 4) is 33.4 Å². The number of fused-ring (bicyclic) bond motifs is 9. The third-order valence-corrected chi connectivity index (χ3v) is 13.9. The molecule has 0 aliphatic heterocycles. The molecule has 58 heavy (non-hydrogen) atoms. The second-order valence-electron chi connectivity index (χ2n) is 14.8. The average molecular weight is 776 g/mol. The lowest BCUT2D eigenvalue weighted by atomic mass is 9.98. The number of hydrogen-bond acceptors (Lipinski definition) is 4. The standard InChI is InChI=1S/C54H33NOS2/c1-2-12-34(13-3-1)39-32-33-47-44-16-6-9-23-50(44)58-54(47)51(39)55(37-28-24-35(25-29-37)40-17-10-19-45-42-14-4-7-21-48(42)56-52(40)45)38-30-26-36(27-31-38)41-18-11-20-46-43-15-5-8-22-49(43)57-53(41)46/h1-33H. The van der Waals surface area contributed by atoms with E-state index in [9.17, 15) is 0 Å². The minimum absolute atomic E-state index is 0.907. The molecule has 0 unspecified atom stereocenters. The maximum atomic E-state index is 6.48. The highest BCUT2D eigenvalue weighted by molar-refractivity contribution is 7.26. The lowest BCUT2D eigenvalue weighted by Gasteiger charge is -2.29. The fraction of sp³-hybridized carbons (Fsp3) is 0. The van der Waals surface area contributed by atoms with Crippen LogP contribution >= 0.6 is 22.7 Å². The minimum Gasteiger partial charge on any atom is -0.455 e. The van der Waals surface area contributed by atoms with E-state index in [-0.39, 0.29) is 0 Å². The molecule has 0 fully saturated rings. The first-order chi connectivity index (χ1) is 28.8. The third kappa shape index (κ3) is 5.23. The monoisotopic (exact) mass is 775 g/mol. The molecule has 3 aromatic heterocycles. The molecule has 0 spiro atoms. The molecule has 12 rings (SSSR count). The fourth-order valence-corrected chi connectivity index (χ4v) is 11.3. The van der Waals surface area contributed by atoms with Gasteiger partial charge in [-0.1, -0.05) is 158 Å². The first kappa shape index (κ1) is 33.2. The molecule has 3 heterocycles. The minimum atomic E-state index is 0.907. The van der Waals surface area contributed by atoms with E-state index in [4.69, 9.17) is 4.42 Å². The van der Waals surface area contributed by atoms with E-state index in [0.717, 1.165) is 44.4 Å². The van der Waals surface area contributed by atoms with Crippen molar-refractivity contribution in [2.24, 2.45) is 0 Å². The predicted molar refractivity (Wildman–Crippen MR) is 250 cm³/mol. The van der Waals surface area contributed by atoms with Crippen LogP contribution in [-0.4, -0.2) is 0 Å². The summed E-state index contributed by atoms with van der Waals surface area (Å²) in [6, 6.07) is 72.6. The highest BCUT2D eigenvalue weighted by Crippen LogP contribution is 2.50. The van der Waals surface area contributed by atoms with E-state index in [0.29, 0.717) is 0 Å². The number of nitrogens with zero attached hydrogens (tertiary/aromatic N) is 1. The third-order valence-electron chi connectivity index (χ3n) is 11.5. The molecule has 272 valence electrons. The highest BCUT2D eigenvalue weighted by atomic mass is 32.1. The van der Waals surface area contributed by atoms with Gasteiger partial charge in [0.1, 0.15) is 11.2 Å². The Morgan fingerprint density at radius 3 is 1.55 bits per heavy atom. The quantitative estimate of drug-likeness (QED) is 0.167. The van der Waals surface area contributed by atoms with Crippen molar-refractivity contribution >= 4 is 102 Å². The van der Waals surface area contributed by atoms with E-state index in [1.165, 1.54) is 68.3 Å². The summed E-state index contributed by atoms with van der Waals surface area (Å²) in [5, 5.41) is 7.45. The molecule has 4 heteroatoms. The van der Waals surface area contributed by atoms with Crippen molar-refractivity contribution in [2.75, 3.05) is 4.90 Å². The Morgan fingerprint density at radius 2 is 0.845 bits per heavy atom. The van der Waals surface area contributed by atoms with Crippen molar-refractivity contribution in [1.29, 1.82) is 0 Å².